The van der Waals surface area contributed by atoms with Gasteiger partial charge >= 0.3 is 11.9 Å². The minimum absolute atomic E-state index is 0.319. The average molecular weight is 204 g/mol. The lowest BCUT2D eigenvalue weighted by molar-refractivity contribution is -0.132. The van der Waals surface area contributed by atoms with Gasteiger partial charge in [0.1, 0.15) is 0 Å². The van der Waals surface area contributed by atoms with Gasteiger partial charge in [-0.25, -0.2) is 9.59 Å². The van der Waals surface area contributed by atoms with Crippen LogP contribution in [0.1, 0.15) is 13.3 Å². The van der Waals surface area contributed by atoms with Crippen LogP contribution in [0.25, 0.3) is 0 Å². The summed E-state index contributed by atoms with van der Waals surface area (Å²) in [4.78, 5) is 18.5. The van der Waals surface area contributed by atoms with Crippen LogP contribution >= 0.6 is 0 Å². The van der Waals surface area contributed by atoms with Crippen LogP contribution in [0.15, 0.2) is 25.3 Å². The minimum Gasteiger partial charge on any atom is -0.478 e. The first kappa shape index (κ1) is 18.2. The summed E-state index contributed by atoms with van der Waals surface area (Å²) in [7, 11) is 0. The molecule has 0 aliphatic rings. The first-order valence-corrected chi connectivity index (χ1v) is 3.77. The highest BCUT2D eigenvalue weighted by molar-refractivity contribution is 5.79. The molecule has 0 aliphatic carbocycles. The fraction of sp³-hybridized carbons (Fsp3) is 0.333. The van der Waals surface area contributed by atoms with Gasteiger partial charge in [-0.1, -0.05) is 20.1 Å². The summed E-state index contributed by atoms with van der Waals surface area (Å²) in [5.74, 6) is -1.96. The lowest BCUT2D eigenvalue weighted by atomic mass is 10.5. The Bertz CT molecular complexity index is 154. The molecule has 0 bridgehead atoms. The maximum absolute atomic E-state index is 9.25. The minimum atomic E-state index is -0.981. The van der Waals surface area contributed by atoms with Crippen molar-refractivity contribution in [2.24, 2.45) is 0 Å². The van der Waals surface area contributed by atoms with Crippen LogP contribution in [0.2, 0.25) is 0 Å². The number of carboxylic acid groups (broad SMARTS) is 2. The van der Waals surface area contributed by atoms with Crippen molar-refractivity contribution >= 4 is 11.9 Å². The van der Waals surface area contributed by atoms with Gasteiger partial charge in [0.2, 0.25) is 0 Å². The van der Waals surface area contributed by atoms with Gasteiger partial charge in [-0.15, -0.1) is 0 Å². The zero-order valence-corrected chi connectivity index (χ0v) is 8.14. The fourth-order valence-electron chi connectivity index (χ4n) is 0. The molecule has 0 atom stereocenters. The summed E-state index contributed by atoms with van der Waals surface area (Å²) in [6.07, 6.45) is 2.54. The van der Waals surface area contributed by atoms with E-state index < -0.39 is 11.9 Å². The molecule has 0 fully saturated rings. The Morgan fingerprint density at radius 2 is 1.29 bits per heavy atom. The third-order valence-electron chi connectivity index (χ3n) is 0.573. The molecule has 0 radical (unpaired) electrons. The highest BCUT2D eigenvalue weighted by Gasteiger charge is 1.73. The Morgan fingerprint density at radius 1 is 1.14 bits per heavy atom. The molecule has 0 aromatic rings. The molecule has 0 rings (SSSR count). The number of hydrogen-bond donors (Lipinski definition) is 3. The van der Waals surface area contributed by atoms with Crippen molar-refractivity contribution < 1.29 is 24.9 Å². The summed E-state index contributed by atoms with van der Waals surface area (Å²) in [5, 5.41) is 23.1. The van der Waals surface area contributed by atoms with Crippen molar-refractivity contribution in [3.8, 4) is 0 Å². The first-order chi connectivity index (χ1) is 6.45. The Hall–Kier alpha value is -1.62. The number of carbonyl (C=O) groups is 2. The zero-order valence-electron chi connectivity index (χ0n) is 8.14. The molecule has 5 heteroatoms. The molecule has 0 unspecified atom stereocenters. The second-order valence-corrected chi connectivity index (χ2v) is 1.81. The predicted molar refractivity (Wildman–Crippen MR) is 53.0 cm³/mol. The normalized spacial score (nSPS) is 6.71. The number of rotatable bonds is 3. The number of hydrogen-bond acceptors (Lipinski definition) is 3. The second-order valence-electron chi connectivity index (χ2n) is 1.81. The third-order valence-corrected chi connectivity index (χ3v) is 0.573. The Balaban J connectivity index is -0.000000131. The summed E-state index contributed by atoms with van der Waals surface area (Å²) in [6.45, 7) is 8.17. The highest BCUT2D eigenvalue weighted by atomic mass is 16.4. The van der Waals surface area contributed by atoms with Crippen molar-refractivity contribution in [1.82, 2.24) is 0 Å². The fourth-order valence-corrected chi connectivity index (χ4v) is 0. The summed E-state index contributed by atoms with van der Waals surface area (Å²) >= 11 is 0. The van der Waals surface area contributed by atoms with Crippen molar-refractivity contribution in [2.45, 2.75) is 13.3 Å². The van der Waals surface area contributed by atoms with Crippen LogP contribution in [0, 0.1) is 0 Å². The Labute approximate surface area is 83.0 Å². The van der Waals surface area contributed by atoms with Crippen molar-refractivity contribution in [2.75, 3.05) is 6.61 Å². The molecule has 0 aromatic carbocycles. The van der Waals surface area contributed by atoms with Crippen molar-refractivity contribution in [1.29, 1.82) is 0 Å². The highest BCUT2D eigenvalue weighted by Crippen LogP contribution is 1.61. The maximum atomic E-state index is 9.25. The van der Waals surface area contributed by atoms with Gasteiger partial charge in [0.25, 0.3) is 0 Å². The first-order valence-electron chi connectivity index (χ1n) is 3.77. The van der Waals surface area contributed by atoms with E-state index in [0.29, 0.717) is 6.61 Å². The molecule has 82 valence electrons. The van der Waals surface area contributed by atoms with Gasteiger partial charge in [-0.3, -0.25) is 0 Å². The molecule has 5 nitrogen and oxygen atoms in total. The lowest BCUT2D eigenvalue weighted by Crippen LogP contribution is -1.82. The van der Waals surface area contributed by atoms with E-state index in [1.54, 1.807) is 0 Å². The summed E-state index contributed by atoms with van der Waals surface area (Å²) in [6, 6.07) is 0. The van der Waals surface area contributed by atoms with Crippen LogP contribution in [0.3, 0.4) is 0 Å². The van der Waals surface area contributed by atoms with E-state index in [9.17, 15) is 9.59 Å². The quantitative estimate of drug-likeness (QED) is 0.594. The van der Waals surface area contributed by atoms with E-state index in [2.05, 4.69) is 13.2 Å². The van der Waals surface area contributed by atoms with Crippen LogP contribution < -0.4 is 0 Å². The summed E-state index contributed by atoms with van der Waals surface area (Å²) in [5.41, 5.74) is 0. The molecule has 0 saturated carbocycles. The molecule has 14 heavy (non-hydrogen) atoms. The van der Waals surface area contributed by atoms with E-state index in [-0.39, 0.29) is 0 Å². The van der Waals surface area contributed by atoms with E-state index in [4.69, 9.17) is 15.3 Å². The van der Waals surface area contributed by atoms with E-state index in [1.165, 1.54) is 0 Å². The predicted octanol–water partition coefficient (Wildman–Crippen LogP) is 0.903. The third kappa shape index (κ3) is 79.9. The largest absolute Gasteiger partial charge is 0.478 e. The number of aliphatic hydroxyl groups excluding tert-OH is 1. The van der Waals surface area contributed by atoms with E-state index in [0.717, 1.165) is 18.6 Å². The maximum Gasteiger partial charge on any atom is 0.327 e. The van der Waals surface area contributed by atoms with Crippen LogP contribution in [0.5, 0.6) is 0 Å². The molecule has 0 aromatic heterocycles. The van der Waals surface area contributed by atoms with Gasteiger partial charge in [0.15, 0.2) is 0 Å². The van der Waals surface area contributed by atoms with Gasteiger partial charge < -0.3 is 15.3 Å². The van der Waals surface area contributed by atoms with Gasteiger partial charge in [0, 0.05) is 18.8 Å². The molecule has 3 N–H and O–H groups in total. The smallest absolute Gasteiger partial charge is 0.327 e. The lowest BCUT2D eigenvalue weighted by Gasteiger charge is -1.69. The molecular formula is C9H16O5. The molecule has 0 aliphatic heterocycles. The van der Waals surface area contributed by atoms with Crippen LogP contribution in [0.4, 0.5) is 0 Å². The zero-order chi connectivity index (χ0) is 12.0. The second kappa shape index (κ2) is 17.5. The number of carboxylic acids is 2. The van der Waals surface area contributed by atoms with E-state index >= 15 is 0 Å². The number of aliphatic carboxylic acids is 2. The van der Waals surface area contributed by atoms with Crippen molar-refractivity contribution in [3.05, 3.63) is 25.3 Å². The van der Waals surface area contributed by atoms with Crippen LogP contribution in [-0.4, -0.2) is 33.9 Å². The monoisotopic (exact) mass is 204 g/mol. The van der Waals surface area contributed by atoms with Gasteiger partial charge in [-0.05, 0) is 6.42 Å². The average Bonchev–Trinajstić information content (AvgIpc) is 2.19. The van der Waals surface area contributed by atoms with E-state index in [1.807, 2.05) is 6.92 Å². The van der Waals surface area contributed by atoms with Crippen molar-refractivity contribution in [3.63, 3.8) is 0 Å². The Morgan fingerprint density at radius 3 is 1.29 bits per heavy atom. The molecular weight excluding hydrogens is 188 g/mol. The SMILES string of the molecule is C=CC(=O)O.C=CC(=O)O.CCCO. The van der Waals surface area contributed by atoms with Gasteiger partial charge in [-0.2, -0.15) is 0 Å². The number of aliphatic hydroxyl groups is 1. The summed E-state index contributed by atoms with van der Waals surface area (Å²) < 4.78 is 0. The topological polar surface area (TPSA) is 94.8 Å². The molecule has 0 saturated heterocycles. The van der Waals surface area contributed by atoms with Crippen LogP contribution in [-0.2, 0) is 9.59 Å². The molecule has 0 spiro atoms. The standard InChI is InChI=1S/2C3H4O2.C3H8O/c2*1-2-3(4)5;1-2-3-4/h2*2H,1H2,(H,4,5);4H,2-3H2,1H3. The Kier molecular flexibility index (Phi) is 22.7. The molecule has 0 amide bonds. The van der Waals surface area contributed by atoms with Gasteiger partial charge in [0.05, 0.1) is 0 Å². The molecule has 0 heterocycles.